The Morgan fingerprint density at radius 3 is 2.28 bits per heavy atom. The minimum atomic E-state index is -0.548. The number of thiocarbonyl (C=S) groups is 1. The quantitative estimate of drug-likeness (QED) is 0.261. The van der Waals surface area contributed by atoms with E-state index in [0.717, 1.165) is 12.2 Å². The molecule has 2 aromatic rings. The number of hydrogen-bond donors (Lipinski definition) is 2. The van der Waals surface area contributed by atoms with E-state index in [-0.39, 0.29) is 10.7 Å². The Balaban J connectivity index is 1.64. The molecule has 1 aliphatic rings. The fourth-order valence-electron chi connectivity index (χ4n) is 3.21. The van der Waals surface area contributed by atoms with Gasteiger partial charge in [-0.15, -0.1) is 0 Å². The van der Waals surface area contributed by atoms with Crippen LogP contribution in [0.3, 0.4) is 0 Å². The van der Waals surface area contributed by atoms with Gasteiger partial charge in [-0.3, -0.25) is 20.2 Å². The molecule has 0 radical (unpaired) electrons. The van der Waals surface area contributed by atoms with Crippen molar-refractivity contribution in [2.75, 3.05) is 20.3 Å². The van der Waals surface area contributed by atoms with Gasteiger partial charge in [0.05, 0.1) is 7.11 Å². The summed E-state index contributed by atoms with van der Waals surface area (Å²) in [5.74, 6) is 1.19. The fraction of sp³-hybridized carbons (Fsp3) is 0.292. The van der Waals surface area contributed by atoms with Gasteiger partial charge in [0.1, 0.15) is 24.5 Å². The van der Waals surface area contributed by atoms with Gasteiger partial charge in [0.15, 0.2) is 16.6 Å². The van der Waals surface area contributed by atoms with E-state index in [2.05, 4.69) is 30.5 Å². The number of nitrogens with one attached hydrogen (secondary N) is 2. The monoisotopic (exact) mass is 454 g/mol. The molecule has 168 valence electrons. The highest BCUT2D eigenvalue weighted by atomic mass is 32.1. The van der Waals surface area contributed by atoms with Crippen LogP contribution in [-0.4, -0.2) is 37.3 Å². The number of para-hydroxylation sites is 1. The molecule has 0 aromatic heterocycles. The molecule has 2 aromatic carbocycles. The van der Waals surface area contributed by atoms with Crippen molar-refractivity contribution >= 4 is 35.2 Å². The zero-order valence-corrected chi connectivity index (χ0v) is 19.1. The second-order valence-corrected chi connectivity index (χ2v) is 7.66. The van der Waals surface area contributed by atoms with Crippen LogP contribution in [0.1, 0.15) is 37.3 Å². The molecule has 2 N–H and O–H groups in total. The predicted octanol–water partition coefficient (Wildman–Crippen LogP) is 3.58. The van der Waals surface area contributed by atoms with Crippen LogP contribution in [0.15, 0.2) is 48.0 Å². The maximum Gasteiger partial charge on any atom is 0.263 e. The molecule has 3 rings (SSSR count). The minimum absolute atomic E-state index is 0.00697. The topological polar surface area (TPSA) is 85.9 Å². The molecular weight excluding hydrogens is 428 g/mol. The van der Waals surface area contributed by atoms with Gasteiger partial charge in [0.2, 0.25) is 0 Å². The third-order valence-electron chi connectivity index (χ3n) is 5.10. The summed E-state index contributed by atoms with van der Waals surface area (Å²) in [5.41, 5.74) is 1.75. The molecule has 0 spiro atoms. The number of benzene rings is 2. The van der Waals surface area contributed by atoms with Crippen molar-refractivity contribution < 1.29 is 23.8 Å². The molecule has 1 saturated heterocycles. The summed E-state index contributed by atoms with van der Waals surface area (Å²) in [6.07, 6.45) is 2.50. The van der Waals surface area contributed by atoms with E-state index in [4.69, 9.17) is 26.4 Å². The molecule has 32 heavy (non-hydrogen) atoms. The number of hydrogen-bond acceptors (Lipinski definition) is 6. The number of methoxy groups -OCH3 is 1. The van der Waals surface area contributed by atoms with E-state index in [1.807, 2.05) is 18.2 Å². The lowest BCUT2D eigenvalue weighted by molar-refractivity contribution is -0.123. The SMILES string of the molecule is CCC(C)c1ccccc1OCCOc1ccc(C=C2C(=O)NC(=S)NC2=O)cc1OC. The van der Waals surface area contributed by atoms with Crippen LogP contribution in [-0.2, 0) is 9.59 Å². The van der Waals surface area contributed by atoms with Crippen molar-refractivity contribution in [3.8, 4) is 17.2 Å². The van der Waals surface area contributed by atoms with Crippen LogP contribution >= 0.6 is 12.2 Å². The van der Waals surface area contributed by atoms with E-state index in [0.29, 0.717) is 36.2 Å². The van der Waals surface area contributed by atoms with Gasteiger partial charge in [-0.2, -0.15) is 0 Å². The van der Waals surface area contributed by atoms with Gasteiger partial charge in [0.25, 0.3) is 11.8 Å². The first kappa shape index (κ1) is 23.3. The van der Waals surface area contributed by atoms with Crippen LogP contribution in [0.25, 0.3) is 6.08 Å². The largest absolute Gasteiger partial charge is 0.493 e. The van der Waals surface area contributed by atoms with Crippen molar-refractivity contribution in [2.24, 2.45) is 0 Å². The lowest BCUT2D eigenvalue weighted by Gasteiger charge is -2.17. The van der Waals surface area contributed by atoms with E-state index in [1.165, 1.54) is 18.7 Å². The van der Waals surface area contributed by atoms with Crippen LogP contribution < -0.4 is 24.8 Å². The molecule has 0 aliphatic carbocycles. The van der Waals surface area contributed by atoms with E-state index in [1.54, 1.807) is 18.2 Å². The molecular formula is C24H26N2O5S. The highest BCUT2D eigenvalue weighted by Gasteiger charge is 2.25. The van der Waals surface area contributed by atoms with Crippen LogP contribution in [0.5, 0.6) is 17.2 Å². The average molecular weight is 455 g/mol. The molecule has 1 unspecified atom stereocenters. The number of rotatable bonds is 9. The van der Waals surface area contributed by atoms with Gasteiger partial charge in [-0.1, -0.05) is 38.1 Å². The Kier molecular flexibility index (Phi) is 7.83. The number of carbonyl (C=O) groups is 2. The first-order chi connectivity index (χ1) is 15.4. The standard InChI is InChI=1S/C24H26N2O5S/c1-4-15(2)17-7-5-6-8-19(17)30-11-12-31-20-10-9-16(14-21(20)29-3)13-18-22(27)25-24(32)26-23(18)28/h5-10,13-15H,4,11-12H2,1-3H3,(H2,25,26,27,28,32). The average Bonchev–Trinajstić information content (AvgIpc) is 2.79. The van der Waals surface area contributed by atoms with Crippen molar-refractivity contribution in [1.29, 1.82) is 0 Å². The molecule has 1 fully saturated rings. The maximum atomic E-state index is 12.0. The first-order valence-electron chi connectivity index (χ1n) is 10.3. The summed E-state index contributed by atoms with van der Waals surface area (Å²) in [6.45, 7) is 5.03. The van der Waals surface area contributed by atoms with Crippen molar-refractivity contribution in [1.82, 2.24) is 10.6 Å². The molecule has 0 bridgehead atoms. The smallest absolute Gasteiger partial charge is 0.263 e. The molecule has 1 aliphatic heterocycles. The van der Waals surface area contributed by atoms with Gasteiger partial charge < -0.3 is 14.2 Å². The zero-order chi connectivity index (χ0) is 23.1. The molecule has 1 heterocycles. The maximum absolute atomic E-state index is 12.0. The Morgan fingerprint density at radius 2 is 1.62 bits per heavy atom. The van der Waals surface area contributed by atoms with Crippen LogP contribution in [0.4, 0.5) is 0 Å². The minimum Gasteiger partial charge on any atom is -0.493 e. The summed E-state index contributed by atoms with van der Waals surface area (Å²) < 4.78 is 17.2. The van der Waals surface area contributed by atoms with Gasteiger partial charge in [0, 0.05) is 0 Å². The summed E-state index contributed by atoms with van der Waals surface area (Å²) in [4.78, 5) is 24.0. The fourth-order valence-corrected chi connectivity index (χ4v) is 3.39. The lowest BCUT2D eigenvalue weighted by atomic mass is 9.98. The number of amides is 2. The van der Waals surface area contributed by atoms with Crippen LogP contribution in [0, 0.1) is 0 Å². The van der Waals surface area contributed by atoms with Crippen molar-refractivity contribution in [2.45, 2.75) is 26.2 Å². The van der Waals surface area contributed by atoms with Crippen molar-refractivity contribution in [3.05, 3.63) is 59.2 Å². The van der Waals surface area contributed by atoms with E-state index >= 15 is 0 Å². The Bertz CT molecular complexity index is 1030. The summed E-state index contributed by atoms with van der Waals surface area (Å²) in [6, 6.07) is 13.2. The first-order valence-corrected chi connectivity index (χ1v) is 10.7. The molecule has 1 atom stereocenters. The van der Waals surface area contributed by atoms with Crippen LogP contribution in [0.2, 0.25) is 0 Å². The zero-order valence-electron chi connectivity index (χ0n) is 18.3. The molecule has 7 nitrogen and oxygen atoms in total. The van der Waals surface area contributed by atoms with Gasteiger partial charge in [-0.05, 0) is 60.0 Å². The van der Waals surface area contributed by atoms with Gasteiger partial charge >= 0.3 is 0 Å². The number of carbonyl (C=O) groups excluding carboxylic acids is 2. The Morgan fingerprint density at radius 1 is 0.969 bits per heavy atom. The third kappa shape index (κ3) is 5.64. The Hall–Kier alpha value is -3.39. The summed E-state index contributed by atoms with van der Waals surface area (Å²) in [7, 11) is 1.52. The normalized spacial score (nSPS) is 14.3. The molecule has 0 saturated carbocycles. The summed E-state index contributed by atoms with van der Waals surface area (Å²) >= 11 is 4.80. The third-order valence-corrected chi connectivity index (χ3v) is 5.31. The highest BCUT2D eigenvalue weighted by molar-refractivity contribution is 7.80. The molecule has 2 amide bonds. The van der Waals surface area contributed by atoms with E-state index in [9.17, 15) is 9.59 Å². The Labute approximate surface area is 192 Å². The van der Waals surface area contributed by atoms with Gasteiger partial charge in [-0.25, -0.2) is 0 Å². The lowest BCUT2D eigenvalue weighted by Crippen LogP contribution is -2.51. The molecule has 8 heteroatoms. The predicted molar refractivity (Wildman–Crippen MR) is 126 cm³/mol. The van der Waals surface area contributed by atoms with Crippen molar-refractivity contribution in [3.63, 3.8) is 0 Å². The van der Waals surface area contributed by atoms with E-state index < -0.39 is 11.8 Å². The summed E-state index contributed by atoms with van der Waals surface area (Å²) in [5, 5.41) is 4.80. The second kappa shape index (κ2) is 10.8. The number of ether oxygens (including phenoxy) is 3. The highest BCUT2D eigenvalue weighted by Crippen LogP contribution is 2.30. The second-order valence-electron chi connectivity index (χ2n) is 7.25.